The smallest absolute Gasteiger partial charge is 0.150 e. The van der Waals surface area contributed by atoms with Gasteiger partial charge < -0.3 is 5.32 Å². The summed E-state index contributed by atoms with van der Waals surface area (Å²) >= 11 is 0. The number of rotatable bonds is 4. The zero-order valence-corrected chi connectivity index (χ0v) is 10.8. The molecule has 17 heavy (non-hydrogen) atoms. The third-order valence-corrected chi connectivity index (χ3v) is 3.59. The summed E-state index contributed by atoms with van der Waals surface area (Å²) in [6.07, 6.45) is 3.70. The summed E-state index contributed by atoms with van der Waals surface area (Å²) < 4.78 is 0. The van der Waals surface area contributed by atoms with Crippen LogP contribution in [0.3, 0.4) is 0 Å². The number of hydrogen-bond donors (Lipinski definition) is 1. The molecule has 1 aromatic rings. The molecule has 0 amide bonds. The van der Waals surface area contributed by atoms with E-state index in [1.165, 1.54) is 16.7 Å². The summed E-state index contributed by atoms with van der Waals surface area (Å²) in [5.41, 5.74) is 3.90. The lowest BCUT2D eigenvalue weighted by atomic mass is 9.98. The van der Waals surface area contributed by atoms with Crippen LogP contribution in [-0.2, 0) is 11.2 Å². The highest BCUT2D eigenvalue weighted by molar-refractivity contribution is 5.84. The number of nitrogens with one attached hydrogen (secondary N) is 1. The second-order valence-corrected chi connectivity index (χ2v) is 5.05. The molecule has 0 saturated carbocycles. The first-order valence-electron chi connectivity index (χ1n) is 6.49. The van der Waals surface area contributed by atoms with Gasteiger partial charge in [-0.3, -0.25) is 4.79 Å². The van der Waals surface area contributed by atoms with E-state index in [0.717, 1.165) is 25.8 Å². The summed E-state index contributed by atoms with van der Waals surface area (Å²) in [4.78, 5) is 11.9. The molecule has 0 bridgehead atoms. The maximum Gasteiger partial charge on any atom is 0.150 e. The Hall–Kier alpha value is -1.15. The van der Waals surface area contributed by atoms with Crippen molar-refractivity contribution in [1.29, 1.82) is 0 Å². The van der Waals surface area contributed by atoms with E-state index >= 15 is 0 Å². The van der Waals surface area contributed by atoms with Crippen molar-refractivity contribution in [1.82, 2.24) is 5.32 Å². The Morgan fingerprint density at radius 2 is 2.24 bits per heavy atom. The van der Waals surface area contributed by atoms with Gasteiger partial charge in [-0.25, -0.2) is 0 Å². The van der Waals surface area contributed by atoms with E-state index in [4.69, 9.17) is 0 Å². The lowest BCUT2D eigenvalue weighted by Gasteiger charge is -2.10. The minimum absolute atomic E-state index is 0.126. The molecule has 0 aromatic heterocycles. The van der Waals surface area contributed by atoms with E-state index in [-0.39, 0.29) is 6.04 Å². The fourth-order valence-electron chi connectivity index (χ4n) is 2.52. The number of benzene rings is 1. The van der Waals surface area contributed by atoms with Crippen molar-refractivity contribution < 1.29 is 4.79 Å². The van der Waals surface area contributed by atoms with Gasteiger partial charge in [-0.15, -0.1) is 0 Å². The van der Waals surface area contributed by atoms with Gasteiger partial charge in [-0.05, 0) is 50.8 Å². The number of carbonyl (C=O) groups excluding carboxylic acids is 1. The Morgan fingerprint density at radius 3 is 2.88 bits per heavy atom. The van der Waals surface area contributed by atoms with Gasteiger partial charge in [-0.2, -0.15) is 0 Å². The van der Waals surface area contributed by atoms with Gasteiger partial charge in [0.2, 0.25) is 0 Å². The quantitative estimate of drug-likeness (QED) is 0.863. The molecule has 1 aliphatic rings. The predicted octanol–water partition coefficient (Wildman–Crippen LogP) is 2.56. The summed E-state index contributed by atoms with van der Waals surface area (Å²) in [5, 5.41) is 3.27. The fraction of sp³-hybridized carbons (Fsp3) is 0.533. The van der Waals surface area contributed by atoms with E-state index < -0.39 is 0 Å². The predicted molar refractivity (Wildman–Crippen MR) is 70.3 cm³/mol. The van der Waals surface area contributed by atoms with Crippen LogP contribution in [0.15, 0.2) is 18.2 Å². The second kappa shape index (κ2) is 5.46. The second-order valence-electron chi connectivity index (χ2n) is 5.05. The Bertz CT molecular complexity index is 405. The highest BCUT2D eigenvalue weighted by Gasteiger charge is 2.21. The van der Waals surface area contributed by atoms with E-state index in [2.05, 4.69) is 37.4 Å². The maximum atomic E-state index is 11.9. The molecule has 1 atom stereocenters. The number of Topliss-reactive ketones (excluding diaryl/α,β-unsaturated/α-hetero) is 1. The van der Waals surface area contributed by atoms with Crippen LogP contribution in [0.2, 0.25) is 0 Å². The minimum atomic E-state index is 0.126. The molecule has 1 heterocycles. The highest BCUT2D eigenvalue weighted by Crippen LogP contribution is 2.15. The lowest BCUT2D eigenvalue weighted by molar-refractivity contribution is -0.120. The van der Waals surface area contributed by atoms with Crippen LogP contribution in [0.1, 0.15) is 36.0 Å². The summed E-state index contributed by atoms with van der Waals surface area (Å²) in [7, 11) is 0. The first-order valence-corrected chi connectivity index (χ1v) is 6.49. The van der Waals surface area contributed by atoms with Crippen molar-refractivity contribution in [3.8, 4) is 0 Å². The first kappa shape index (κ1) is 12.3. The number of carbonyl (C=O) groups is 1. The number of ketones is 1. The normalized spacial score (nSPS) is 19.5. The van der Waals surface area contributed by atoms with Gasteiger partial charge in [0.05, 0.1) is 6.04 Å². The molecule has 2 rings (SSSR count). The summed E-state index contributed by atoms with van der Waals surface area (Å²) in [6, 6.07) is 6.59. The van der Waals surface area contributed by atoms with E-state index in [0.29, 0.717) is 12.2 Å². The van der Waals surface area contributed by atoms with Gasteiger partial charge in [0.15, 0.2) is 0 Å². The monoisotopic (exact) mass is 231 g/mol. The molecule has 1 unspecified atom stereocenters. The highest BCUT2D eigenvalue weighted by atomic mass is 16.1. The standard InChI is InChI=1S/C15H21NO/c1-11-5-6-13(12(2)10-11)7-8-15(17)14-4-3-9-16-14/h5-6,10,14,16H,3-4,7-9H2,1-2H3. The van der Waals surface area contributed by atoms with E-state index in [1.807, 2.05) is 0 Å². The van der Waals surface area contributed by atoms with Crippen molar-refractivity contribution in [2.75, 3.05) is 6.54 Å². The molecule has 1 aromatic carbocycles. The van der Waals surface area contributed by atoms with Crippen molar-refractivity contribution in [3.63, 3.8) is 0 Å². The molecule has 0 radical (unpaired) electrons. The topological polar surface area (TPSA) is 29.1 Å². The Labute approximate surface area is 103 Å². The first-order chi connectivity index (χ1) is 8.16. The molecule has 2 heteroatoms. The molecule has 1 fully saturated rings. The van der Waals surface area contributed by atoms with Crippen LogP contribution in [0, 0.1) is 13.8 Å². The Kier molecular flexibility index (Phi) is 3.95. The van der Waals surface area contributed by atoms with Gasteiger partial charge in [0, 0.05) is 6.42 Å². The zero-order valence-electron chi connectivity index (χ0n) is 10.8. The van der Waals surface area contributed by atoms with Crippen LogP contribution in [0.25, 0.3) is 0 Å². The molecule has 0 spiro atoms. The van der Waals surface area contributed by atoms with Crippen LogP contribution in [-0.4, -0.2) is 18.4 Å². The average Bonchev–Trinajstić information content (AvgIpc) is 2.81. The molecular weight excluding hydrogens is 210 g/mol. The average molecular weight is 231 g/mol. The molecule has 0 aliphatic carbocycles. The molecule has 92 valence electrons. The van der Waals surface area contributed by atoms with Crippen molar-refractivity contribution in [3.05, 3.63) is 34.9 Å². The number of hydrogen-bond acceptors (Lipinski definition) is 2. The largest absolute Gasteiger partial charge is 0.307 e. The molecule has 1 aliphatic heterocycles. The van der Waals surface area contributed by atoms with Gasteiger partial charge in [0.25, 0.3) is 0 Å². The summed E-state index contributed by atoms with van der Waals surface area (Å²) in [5.74, 6) is 0.377. The van der Waals surface area contributed by atoms with Crippen molar-refractivity contribution in [2.24, 2.45) is 0 Å². The van der Waals surface area contributed by atoms with Crippen LogP contribution in [0.5, 0.6) is 0 Å². The molecule has 1 N–H and O–H groups in total. The van der Waals surface area contributed by atoms with Crippen LogP contribution in [0.4, 0.5) is 0 Å². The SMILES string of the molecule is Cc1ccc(CCC(=O)C2CCCN2)c(C)c1. The van der Waals surface area contributed by atoms with Crippen molar-refractivity contribution in [2.45, 2.75) is 45.6 Å². The summed E-state index contributed by atoms with van der Waals surface area (Å²) in [6.45, 7) is 5.23. The molecule has 2 nitrogen and oxygen atoms in total. The zero-order chi connectivity index (χ0) is 12.3. The Balaban J connectivity index is 1.90. The van der Waals surface area contributed by atoms with Gasteiger partial charge in [-0.1, -0.05) is 23.8 Å². The maximum absolute atomic E-state index is 11.9. The lowest BCUT2D eigenvalue weighted by Crippen LogP contribution is -2.30. The third-order valence-electron chi connectivity index (χ3n) is 3.59. The molecular formula is C15H21NO. The van der Waals surface area contributed by atoms with Crippen LogP contribution >= 0.6 is 0 Å². The minimum Gasteiger partial charge on any atom is -0.307 e. The Morgan fingerprint density at radius 1 is 1.41 bits per heavy atom. The number of aryl methyl sites for hydroxylation is 3. The van der Waals surface area contributed by atoms with E-state index in [9.17, 15) is 4.79 Å². The third kappa shape index (κ3) is 3.16. The van der Waals surface area contributed by atoms with E-state index in [1.54, 1.807) is 0 Å². The fourth-order valence-corrected chi connectivity index (χ4v) is 2.52. The molecule has 1 saturated heterocycles. The van der Waals surface area contributed by atoms with Gasteiger partial charge >= 0.3 is 0 Å². The van der Waals surface area contributed by atoms with Gasteiger partial charge in [0.1, 0.15) is 5.78 Å². The van der Waals surface area contributed by atoms with Crippen LogP contribution < -0.4 is 5.32 Å². The van der Waals surface area contributed by atoms with Crippen molar-refractivity contribution >= 4 is 5.78 Å².